The van der Waals surface area contributed by atoms with Crippen LogP contribution in [0.1, 0.15) is 21.1 Å². The first-order valence-corrected chi connectivity index (χ1v) is 5.32. The van der Waals surface area contributed by atoms with E-state index < -0.39 is 0 Å². The van der Waals surface area contributed by atoms with Gasteiger partial charge in [0.2, 0.25) is 0 Å². The van der Waals surface area contributed by atoms with Gasteiger partial charge in [0, 0.05) is 17.3 Å². The highest BCUT2D eigenvalue weighted by atomic mass is 32.1. The number of rotatable bonds is 3. The summed E-state index contributed by atoms with van der Waals surface area (Å²) < 4.78 is 0. The Labute approximate surface area is 90.6 Å². The van der Waals surface area contributed by atoms with E-state index in [2.05, 4.69) is 20.5 Å². The number of H-pyrrole nitrogens is 1. The van der Waals surface area contributed by atoms with E-state index in [9.17, 15) is 4.79 Å². The second-order valence-electron chi connectivity index (χ2n) is 3.02. The number of hydrogen-bond acceptors (Lipinski definition) is 4. The van der Waals surface area contributed by atoms with Crippen molar-refractivity contribution in [1.82, 2.24) is 20.5 Å². The molecule has 0 aliphatic carbocycles. The minimum Gasteiger partial charge on any atom is -0.345 e. The number of carbonyl (C=O) groups is 1. The van der Waals surface area contributed by atoms with Crippen LogP contribution in [0.25, 0.3) is 0 Å². The molecule has 0 unspecified atom stereocenters. The van der Waals surface area contributed by atoms with Gasteiger partial charge in [-0.3, -0.25) is 9.89 Å². The Bertz CT molecular complexity index is 448. The van der Waals surface area contributed by atoms with E-state index in [1.54, 1.807) is 6.20 Å². The molecule has 0 aromatic carbocycles. The second kappa shape index (κ2) is 4.22. The number of aromatic nitrogens is 3. The lowest BCUT2D eigenvalue weighted by Gasteiger charge is -2.00. The van der Waals surface area contributed by atoms with Crippen LogP contribution in [0.3, 0.4) is 0 Å². The lowest BCUT2D eigenvalue weighted by Crippen LogP contribution is -2.22. The zero-order valence-corrected chi connectivity index (χ0v) is 8.97. The van der Waals surface area contributed by atoms with Crippen LogP contribution >= 0.6 is 11.3 Å². The first-order valence-electron chi connectivity index (χ1n) is 4.44. The smallest absolute Gasteiger partial charge is 0.255 e. The molecule has 1 amide bonds. The van der Waals surface area contributed by atoms with Gasteiger partial charge in [-0.15, -0.1) is 11.3 Å². The van der Waals surface area contributed by atoms with Gasteiger partial charge in [0.25, 0.3) is 5.91 Å². The number of nitrogens with zero attached hydrogens (tertiary/aromatic N) is 2. The Morgan fingerprint density at radius 1 is 1.67 bits per heavy atom. The molecule has 15 heavy (non-hydrogen) atoms. The van der Waals surface area contributed by atoms with E-state index in [0.29, 0.717) is 12.1 Å². The van der Waals surface area contributed by atoms with Crippen molar-refractivity contribution < 1.29 is 4.79 Å². The second-order valence-corrected chi connectivity index (χ2v) is 4.00. The average Bonchev–Trinajstić information content (AvgIpc) is 2.84. The van der Waals surface area contributed by atoms with E-state index in [1.165, 1.54) is 17.5 Å². The predicted molar refractivity (Wildman–Crippen MR) is 56.6 cm³/mol. The standard InChI is InChI=1S/C9H10N4OS/c1-6-7(4-12-13-6)9(14)11-5-8-10-2-3-15-8/h2-4H,5H2,1H3,(H,11,14)(H,12,13). The maximum atomic E-state index is 11.6. The Morgan fingerprint density at radius 2 is 2.53 bits per heavy atom. The fourth-order valence-electron chi connectivity index (χ4n) is 1.17. The minimum absolute atomic E-state index is 0.128. The third-order valence-corrected chi connectivity index (χ3v) is 2.74. The number of carbonyl (C=O) groups excluding carboxylic acids is 1. The molecule has 2 aromatic heterocycles. The van der Waals surface area contributed by atoms with Crippen molar-refractivity contribution in [3.8, 4) is 0 Å². The monoisotopic (exact) mass is 222 g/mol. The topological polar surface area (TPSA) is 70.7 Å². The highest BCUT2D eigenvalue weighted by molar-refractivity contribution is 7.09. The summed E-state index contributed by atoms with van der Waals surface area (Å²) in [5.74, 6) is -0.128. The molecule has 2 aromatic rings. The number of amides is 1. The van der Waals surface area contributed by atoms with Gasteiger partial charge >= 0.3 is 0 Å². The Balaban J connectivity index is 1.96. The van der Waals surface area contributed by atoms with Gasteiger partial charge in [-0.25, -0.2) is 4.98 Å². The molecular formula is C9H10N4OS. The minimum atomic E-state index is -0.128. The van der Waals surface area contributed by atoms with Crippen molar-refractivity contribution in [2.45, 2.75) is 13.5 Å². The number of hydrogen-bond donors (Lipinski definition) is 2. The third-order valence-electron chi connectivity index (χ3n) is 1.96. The van der Waals surface area contributed by atoms with Crippen molar-refractivity contribution in [1.29, 1.82) is 0 Å². The average molecular weight is 222 g/mol. The summed E-state index contributed by atoms with van der Waals surface area (Å²) in [6.45, 7) is 2.27. The molecule has 0 spiro atoms. The van der Waals surface area contributed by atoms with Crippen LogP contribution in [0.2, 0.25) is 0 Å². The van der Waals surface area contributed by atoms with Gasteiger partial charge in [0.15, 0.2) is 0 Å². The highest BCUT2D eigenvalue weighted by Crippen LogP contribution is 2.05. The zero-order chi connectivity index (χ0) is 10.7. The summed E-state index contributed by atoms with van der Waals surface area (Å²) in [6.07, 6.45) is 3.24. The largest absolute Gasteiger partial charge is 0.345 e. The van der Waals surface area contributed by atoms with E-state index in [1.807, 2.05) is 12.3 Å². The van der Waals surface area contributed by atoms with Crippen molar-refractivity contribution in [2.24, 2.45) is 0 Å². The van der Waals surface area contributed by atoms with Gasteiger partial charge in [-0.05, 0) is 6.92 Å². The van der Waals surface area contributed by atoms with Gasteiger partial charge in [0.1, 0.15) is 5.01 Å². The summed E-state index contributed by atoms with van der Waals surface area (Å²) in [6, 6.07) is 0. The van der Waals surface area contributed by atoms with Crippen molar-refractivity contribution >= 4 is 17.2 Å². The molecule has 6 heteroatoms. The summed E-state index contributed by atoms with van der Waals surface area (Å²) in [4.78, 5) is 15.7. The van der Waals surface area contributed by atoms with Gasteiger partial charge in [-0.1, -0.05) is 0 Å². The normalized spacial score (nSPS) is 10.2. The maximum Gasteiger partial charge on any atom is 0.255 e. The van der Waals surface area contributed by atoms with Crippen molar-refractivity contribution in [3.63, 3.8) is 0 Å². The summed E-state index contributed by atoms with van der Waals surface area (Å²) in [5, 5.41) is 12.1. The first-order chi connectivity index (χ1) is 7.27. The predicted octanol–water partition coefficient (Wildman–Crippen LogP) is 1.10. The van der Waals surface area contributed by atoms with Gasteiger partial charge in [0.05, 0.1) is 18.3 Å². The molecule has 0 saturated heterocycles. The van der Waals surface area contributed by atoms with E-state index >= 15 is 0 Å². The number of aryl methyl sites for hydroxylation is 1. The van der Waals surface area contributed by atoms with E-state index in [-0.39, 0.29) is 5.91 Å². The number of nitrogens with one attached hydrogen (secondary N) is 2. The summed E-state index contributed by atoms with van der Waals surface area (Å²) >= 11 is 1.52. The quantitative estimate of drug-likeness (QED) is 0.817. The third kappa shape index (κ3) is 2.21. The van der Waals surface area contributed by atoms with Crippen LogP contribution in [0.15, 0.2) is 17.8 Å². The van der Waals surface area contributed by atoms with Gasteiger partial charge < -0.3 is 5.32 Å². The zero-order valence-electron chi connectivity index (χ0n) is 8.15. The summed E-state index contributed by atoms with van der Waals surface area (Å²) in [5.41, 5.74) is 1.35. The van der Waals surface area contributed by atoms with Crippen molar-refractivity contribution in [3.05, 3.63) is 34.0 Å². The van der Waals surface area contributed by atoms with Crippen LogP contribution in [-0.4, -0.2) is 21.1 Å². The fourth-order valence-corrected chi connectivity index (χ4v) is 1.73. The molecule has 2 rings (SSSR count). The molecule has 5 nitrogen and oxygen atoms in total. The Kier molecular flexibility index (Phi) is 2.77. The van der Waals surface area contributed by atoms with E-state index in [4.69, 9.17) is 0 Å². The molecule has 0 radical (unpaired) electrons. The Hall–Kier alpha value is -1.69. The van der Waals surface area contributed by atoms with Crippen LogP contribution in [0.5, 0.6) is 0 Å². The fraction of sp³-hybridized carbons (Fsp3) is 0.222. The molecule has 2 N–H and O–H groups in total. The van der Waals surface area contributed by atoms with E-state index in [0.717, 1.165) is 10.7 Å². The van der Waals surface area contributed by atoms with Crippen LogP contribution in [0, 0.1) is 6.92 Å². The van der Waals surface area contributed by atoms with Gasteiger partial charge in [-0.2, -0.15) is 5.10 Å². The molecule has 0 bridgehead atoms. The molecule has 2 heterocycles. The molecule has 0 fully saturated rings. The SMILES string of the molecule is Cc1[nH]ncc1C(=O)NCc1nccs1. The lowest BCUT2D eigenvalue weighted by molar-refractivity contribution is 0.0950. The summed E-state index contributed by atoms with van der Waals surface area (Å²) in [7, 11) is 0. The van der Waals surface area contributed by atoms with Crippen LogP contribution < -0.4 is 5.32 Å². The molecule has 0 atom stereocenters. The van der Waals surface area contributed by atoms with Crippen LogP contribution in [0.4, 0.5) is 0 Å². The lowest BCUT2D eigenvalue weighted by atomic mass is 10.2. The molecule has 0 aliphatic heterocycles. The molecule has 78 valence electrons. The molecule has 0 saturated carbocycles. The highest BCUT2D eigenvalue weighted by Gasteiger charge is 2.10. The number of aromatic amines is 1. The molecular weight excluding hydrogens is 212 g/mol. The Morgan fingerprint density at radius 3 is 3.13 bits per heavy atom. The maximum absolute atomic E-state index is 11.6. The molecule has 0 aliphatic rings. The van der Waals surface area contributed by atoms with Crippen molar-refractivity contribution in [2.75, 3.05) is 0 Å². The number of thiazole rings is 1. The van der Waals surface area contributed by atoms with Crippen LogP contribution in [-0.2, 0) is 6.54 Å². The first kappa shape index (κ1) is 9.85.